The quantitative estimate of drug-likeness (QED) is 0.591. The predicted molar refractivity (Wildman–Crippen MR) is 57.5 cm³/mol. The molecule has 4 nitrogen and oxygen atoms in total. The topological polar surface area (TPSA) is 60.9 Å². The van der Waals surface area contributed by atoms with Crippen LogP contribution in [-0.4, -0.2) is 21.6 Å². The van der Waals surface area contributed by atoms with Gasteiger partial charge in [-0.05, 0) is 13.3 Å². The number of ketones is 1. The molecule has 80 valence electrons. The fraction of sp³-hybridized carbons (Fsp3) is 0.455. The average molecular weight is 205 g/mol. The molecule has 0 fully saturated rings. The summed E-state index contributed by atoms with van der Waals surface area (Å²) in [5.41, 5.74) is 6.39. The third-order valence-corrected chi connectivity index (χ3v) is 2.70. The van der Waals surface area contributed by atoms with Gasteiger partial charge >= 0.3 is 0 Å². The maximum Gasteiger partial charge on any atom is 0.172 e. The number of Topliss-reactive ketones (excluding diaryl/α,β-unsaturated/α-hetero) is 1. The number of carbonyl (C=O) groups is 1. The molecule has 0 bridgehead atoms. The molecule has 0 saturated heterocycles. The van der Waals surface area contributed by atoms with E-state index in [1.807, 2.05) is 19.1 Å². The van der Waals surface area contributed by atoms with Gasteiger partial charge in [0.15, 0.2) is 5.78 Å². The van der Waals surface area contributed by atoms with Crippen LogP contribution in [0.15, 0.2) is 24.5 Å². The van der Waals surface area contributed by atoms with E-state index in [9.17, 15) is 4.79 Å². The lowest BCUT2D eigenvalue weighted by molar-refractivity contribution is 0.0943. The molecule has 4 heteroatoms. The van der Waals surface area contributed by atoms with Crippen molar-refractivity contribution in [1.82, 2.24) is 9.78 Å². The minimum Gasteiger partial charge on any atom is -0.324 e. The van der Waals surface area contributed by atoms with E-state index in [-0.39, 0.29) is 17.7 Å². The fourth-order valence-corrected chi connectivity index (χ4v) is 1.80. The summed E-state index contributed by atoms with van der Waals surface area (Å²) in [5.74, 6) is 0.0633. The Balaban J connectivity index is 2.11. The number of aromatic nitrogens is 2. The van der Waals surface area contributed by atoms with Crippen molar-refractivity contribution in [3.05, 3.63) is 30.1 Å². The van der Waals surface area contributed by atoms with E-state index in [1.54, 1.807) is 17.1 Å². The molecule has 2 rings (SSSR count). The maximum atomic E-state index is 12.0. The molecule has 0 amide bonds. The first-order valence-electron chi connectivity index (χ1n) is 5.21. The van der Waals surface area contributed by atoms with Crippen LogP contribution in [0.2, 0.25) is 0 Å². The number of rotatable bonds is 3. The molecule has 0 radical (unpaired) electrons. The first-order valence-corrected chi connectivity index (χ1v) is 5.21. The molecule has 0 aromatic carbocycles. The Morgan fingerprint density at radius 1 is 1.67 bits per heavy atom. The van der Waals surface area contributed by atoms with Crippen LogP contribution in [0.5, 0.6) is 0 Å². The minimum absolute atomic E-state index is 0.0279. The molecule has 1 aromatic heterocycles. The van der Waals surface area contributed by atoms with Gasteiger partial charge in [0.05, 0.1) is 11.8 Å². The molecule has 1 aromatic rings. The van der Waals surface area contributed by atoms with Crippen LogP contribution >= 0.6 is 0 Å². The van der Waals surface area contributed by atoms with E-state index in [2.05, 4.69) is 5.10 Å². The summed E-state index contributed by atoms with van der Waals surface area (Å²) in [5, 5.41) is 4.09. The van der Waals surface area contributed by atoms with Crippen LogP contribution < -0.4 is 5.73 Å². The van der Waals surface area contributed by atoms with Gasteiger partial charge in [-0.3, -0.25) is 9.48 Å². The Kier molecular flexibility index (Phi) is 2.68. The van der Waals surface area contributed by atoms with Gasteiger partial charge in [-0.25, -0.2) is 0 Å². The highest BCUT2D eigenvalue weighted by atomic mass is 16.1. The van der Waals surface area contributed by atoms with Gasteiger partial charge in [0.25, 0.3) is 0 Å². The smallest absolute Gasteiger partial charge is 0.172 e. The second-order valence-electron chi connectivity index (χ2n) is 3.84. The molecule has 2 atom stereocenters. The number of aryl methyl sites for hydroxylation is 1. The predicted octanol–water partition coefficient (Wildman–Crippen LogP) is 0.989. The van der Waals surface area contributed by atoms with E-state index < -0.39 is 0 Å². The number of hydrogen-bond acceptors (Lipinski definition) is 3. The standard InChI is InChI=1S/C11H15N3O/c1-2-14-7-9(6-13-14)11(15)8-3-4-10(12)5-8/h3-4,6-8,10H,2,5,12H2,1H3. The molecule has 0 spiro atoms. The number of nitrogens with two attached hydrogens (primary N) is 1. The summed E-state index contributed by atoms with van der Waals surface area (Å²) in [7, 11) is 0. The Hall–Kier alpha value is -1.42. The highest BCUT2D eigenvalue weighted by Gasteiger charge is 2.24. The van der Waals surface area contributed by atoms with Gasteiger partial charge in [-0.2, -0.15) is 5.10 Å². The lowest BCUT2D eigenvalue weighted by atomic mass is 9.99. The van der Waals surface area contributed by atoms with Crippen molar-refractivity contribution in [2.24, 2.45) is 11.7 Å². The zero-order valence-corrected chi connectivity index (χ0v) is 8.76. The van der Waals surface area contributed by atoms with Crippen molar-refractivity contribution in [3.8, 4) is 0 Å². The van der Waals surface area contributed by atoms with Gasteiger partial charge < -0.3 is 5.73 Å². The molecule has 0 aliphatic heterocycles. The molecule has 2 unspecified atom stereocenters. The summed E-state index contributed by atoms with van der Waals surface area (Å²) >= 11 is 0. The normalized spacial score (nSPS) is 24.7. The summed E-state index contributed by atoms with van der Waals surface area (Å²) in [6.45, 7) is 2.78. The van der Waals surface area contributed by atoms with Crippen LogP contribution in [0.3, 0.4) is 0 Å². The summed E-state index contributed by atoms with van der Waals surface area (Å²) in [4.78, 5) is 12.0. The number of hydrogen-bond donors (Lipinski definition) is 1. The summed E-state index contributed by atoms with van der Waals surface area (Å²) in [6.07, 6.45) is 7.93. The van der Waals surface area contributed by atoms with Gasteiger partial charge in [0, 0.05) is 24.7 Å². The van der Waals surface area contributed by atoms with E-state index in [4.69, 9.17) is 5.73 Å². The summed E-state index contributed by atoms with van der Waals surface area (Å²) < 4.78 is 1.76. The van der Waals surface area contributed by atoms with E-state index in [0.29, 0.717) is 5.56 Å². The van der Waals surface area contributed by atoms with Crippen molar-refractivity contribution in [2.75, 3.05) is 0 Å². The average Bonchev–Trinajstić information content (AvgIpc) is 2.84. The Labute approximate surface area is 88.8 Å². The van der Waals surface area contributed by atoms with Gasteiger partial charge in [0.2, 0.25) is 0 Å². The van der Waals surface area contributed by atoms with Crippen molar-refractivity contribution in [2.45, 2.75) is 25.9 Å². The van der Waals surface area contributed by atoms with Crippen molar-refractivity contribution in [3.63, 3.8) is 0 Å². The monoisotopic (exact) mass is 205 g/mol. The van der Waals surface area contributed by atoms with Crippen LogP contribution in [0.4, 0.5) is 0 Å². The first-order chi connectivity index (χ1) is 7.20. The van der Waals surface area contributed by atoms with Gasteiger partial charge in [-0.1, -0.05) is 12.2 Å². The second kappa shape index (κ2) is 3.98. The molecule has 1 aliphatic rings. The van der Waals surface area contributed by atoms with Crippen LogP contribution in [-0.2, 0) is 6.54 Å². The SMILES string of the molecule is CCn1cc(C(=O)C2C=CC(N)C2)cn1. The summed E-state index contributed by atoms with van der Waals surface area (Å²) in [6, 6.07) is 0.0279. The zero-order chi connectivity index (χ0) is 10.8. The second-order valence-corrected chi connectivity index (χ2v) is 3.84. The van der Waals surface area contributed by atoms with Gasteiger partial charge in [-0.15, -0.1) is 0 Å². The molecule has 0 saturated carbocycles. The Bertz CT molecular complexity index is 394. The molecule has 1 heterocycles. The van der Waals surface area contributed by atoms with Crippen LogP contribution in [0.25, 0.3) is 0 Å². The Morgan fingerprint density at radius 3 is 3.00 bits per heavy atom. The van der Waals surface area contributed by atoms with Crippen molar-refractivity contribution >= 4 is 5.78 Å². The lowest BCUT2D eigenvalue weighted by Crippen LogP contribution is -2.18. The molecular weight excluding hydrogens is 190 g/mol. The number of nitrogens with zero attached hydrogens (tertiary/aromatic N) is 2. The number of allylic oxidation sites excluding steroid dienone is 1. The van der Waals surface area contributed by atoms with Crippen molar-refractivity contribution < 1.29 is 4.79 Å². The lowest BCUT2D eigenvalue weighted by Gasteiger charge is -2.05. The highest BCUT2D eigenvalue weighted by Crippen LogP contribution is 2.20. The molecular formula is C11H15N3O. The molecule has 2 N–H and O–H groups in total. The van der Waals surface area contributed by atoms with Crippen LogP contribution in [0.1, 0.15) is 23.7 Å². The molecule has 1 aliphatic carbocycles. The van der Waals surface area contributed by atoms with Gasteiger partial charge in [0.1, 0.15) is 0 Å². The maximum absolute atomic E-state index is 12.0. The third-order valence-electron chi connectivity index (χ3n) is 2.70. The van der Waals surface area contributed by atoms with Crippen molar-refractivity contribution in [1.29, 1.82) is 0 Å². The zero-order valence-electron chi connectivity index (χ0n) is 8.76. The van der Waals surface area contributed by atoms with E-state index >= 15 is 0 Å². The largest absolute Gasteiger partial charge is 0.324 e. The fourth-order valence-electron chi connectivity index (χ4n) is 1.80. The molecule has 15 heavy (non-hydrogen) atoms. The van der Waals surface area contributed by atoms with Crippen LogP contribution in [0, 0.1) is 5.92 Å². The van der Waals surface area contributed by atoms with E-state index in [0.717, 1.165) is 13.0 Å². The highest BCUT2D eigenvalue weighted by molar-refractivity contribution is 5.98. The number of carbonyl (C=O) groups excluding carboxylic acids is 1. The Morgan fingerprint density at radius 2 is 2.47 bits per heavy atom. The third kappa shape index (κ3) is 1.99. The van der Waals surface area contributed by atoms with E-state index in [1.165, 1.54) is 0 Å². The minimum atomic E-state index is -0.0606. The first kappa shape index (κ1) is 10.1.